The normalized spacial score (nSPS) is 45.8. The van der Waals surface area contributed by atoms with E-state index < -0.39 is 0 Å². The van der Waals surface area contributed by atoms with Gasteiger partial charge < -0.3 is 10.1 Å². The molecule has 2 aliphatic carbocycles. The van der Waals surface area contributed by atoms with Crippen LogP contribution in [0.25, 0.3) is 0 Å². The molecule has 2 bridgehead atoms. The lowest BCUT2D eigenvalue weighted by Crippen LogP contribution is -2.40. The third kappa shape index (κ3) is 2.22. The Bertz CT molecular complexity index is 314. The van der Waals surface area contributed by atoms with Crippen LogP contribution < -0.4 is 5.32 Å². The smallest absolute Gasteiger partial charge is 0.0631 e. The molecular formula is C16H29NO. The van der Waals surface area contributed by atoms with Crippen molar-refractivity contribution in [2.45, 2.75) is 70.5 Å². The highest BCUT2D eigenvalue weighted by Crippen LogP contribution is 2.58. The lowest BCUT2D eigenvalue weighted by molar-refractivity contribution is -0.0438. The Morgan fingerprint density at radius 2 is 2.06 bits per heavy atom. The highest BCUT2D eigenvalue weighted by atomic mass is 16.5. The van der Waals surface area contributed by atoms with E-state index in [4.69, 9.17) is 4.74 Å². The SMILES string of the molecule is CNCC1(CC2CCC(C)(C)O2)CC2CCC1C2. The average molecular weight is 251 g/mol. The molecule has 3 rings (SSSR count). The van der Waals surface area contributed by atoms with Crippen LogP contribution in [-0.4, -0.2) is 25.3 Å². The van der Waals surface area contributed by atoms with E-state index in [1.165, 1.54) is 51.5 Å². The first-order valence-corrected chi connectivity index (χ1v) is 7.85. The molecule has 0 amide bonds. The van der Waals surface area contributed by atoms with Gasteiger partial charge in [0.05, 0.1) is 11.7 Å². The lowest BCUT2D eigenvalue weighted by atomic mass is 9.69. The topological polar surface area (TPSA) is 21.3 Å². The average Bonchev–Trinajstić information content (AvgIpc) is 2.93. The second kappa shape index (κ2) is 4.49. The first-order chi connectivity index (χ1) is 8.53. The van der Waals surface area contributed by atoms with Gasteiger partial charge in [-0.3, -0.25) is 0 Å². The van der Waals surface area contributed by atoms with Crippen molar-refractivity contribution < 1.29 is 4.74 Å². The first kappa shape index (κ1) is 12.9. The summed E-state index contributed by atoms with van der Waals surface area (Å²) in [6.45, 7) is 5.70. The fourth-order valence-corrected chi connectivity index (χ4v) is 5.12. The summed E-state index contributed by atoms with van der Waals surface area (Å²) in [5, 5.41) is 3.47. The Morgan fingerprint density at radius 1 is 1.22 bits per heavy atom. The van der Waals surface area contributed by atoms with Crippen LogP contribution in [0.3, 0.4) is 0 Å². The fraction of sp³-hybridized carbons (Fsp3) is 1.00. The zero-order valence-corrected chi connectivity index (χ0v) is 12.3. The third-order valence-electron chi connectivity index (χ3n) is 5.82. The number of hydrogen-bond acceptors (Lipinski definition) is 2. The fourth-order valence-electron chi connectivity index (χ4n) is 5.12. The van der Waals surface area contributed by atoms with Gasteiger partial charge in [-0.2, -0.15) is 0 Å². The Hall–Kier alpha value is -0.0800. The van der Waals surface area contributed by atoms with Crippen molar-refractivity contribution in [2.24, 2.45) is 17.3 Å². The lowest BCUT2D eigenvalue weighted by Gasteiger charge is -2.40. The summed E-state index contributed by atoms with van der Waals surface area (Å²) in [5.74, 6) is 2.00. The molecule has 1 N–H and O–H groups in total. The highest BCUT2D eigenvalue weighted by molar-refractivity contribution is 5.03. The Balaban J connectivity index is 1.68. The summed E-state index contributed by atoms with van der Waals surface area (Å²) in [4.78, 5) is 0. The van der Waals surface area contributed by atoms with Crippen molar-refractivity contribution in [1.29, 1.82) is 0 Å². The standard InChI is InChI=1S/C16H29NO/c1-15(2)7-6-14(18-15)10-16(11-17-3)9-12-4-5-13(16)8-12/h12-14,17H,4-11H2,1-3H3. The van der Waals surface area contributed by atoms with Crippen LogP contribution in [0.5, 0.6) is 0 Å². The van der Waals surface area contributed by atoms with E-state index in [1.807, 2.05) is 0 Å². The maximum atomic E-state index is 6.26. The van der Waals surface area contributed by atoms with Crippen LogP contribution in [0.4, 0.5) is 0 Å². The van der Waals surface area contributed by atoms with Crippen LogP contribution in [0.1, 0.15) is 58.8 Å². The van der Waals surface area contributed by atoms with Crippen molar-refractivity contribution in [3.63, 3.8) is 0 Å². The zero-order chi connectivity index (χ0) is 12.8. The molecule has 2 saturated carbocycles. The van der Waals surface area contributed by atoms with Crippen LogP contribution in [0.2, 0.25) is 0 Å². The van der Waals surface area contributed by atoms with Gasteiger partial charge in [0.1, 0.15) is 0 Å². The molecule has 2 heteroatoms. The van der Waals surface area contributed by atoms with E-state index in [2.05, 4.69) is 26.2 Å². The first-order valence-electron chi connectivity index (χ1n) is 7.85. The van der Waals surface area contributed by atoms with E-state index in [0.717, 1.165) is 11.8 Å². The molecule has 3 aliphatic rings. The van der Waals surface area contributed by atoms with Crippen molar-refractivity contribution >= 4 is 0 Å². The van der Waals surface area contributed by atoms with Crippen LogP contribution in [0, 0.1) is 17.3 Å². The van der Waals surface area contributed by atoms with Crippen molar-refractivity contribution in [3.05, 3.63) is 0 Å². The number of fused-ring (bicyclic) bond motifs is 2. The molecule has 104 valence electrons. The molecule has 18 heavy (non-hydrogen) atoms. The van der Waals surface area contributed by atoms with Gasteiger partial charge in [-0.05, 0) is 76.7 Å². The quantitative estimate of drug-likeness (QED) is 0.827. The number of ether oxygens (including phenoxy) is 1. The van der Waals surface area contributed by atoms with Crippen LogP contribution >= 0.6 is 0 Å². The molecule has 0 aromatic rings. The van der Waals surface area contributed by atoms with Gasteiger partial charge in [0, 0.05) is 6.54 Å². The summed E-state index contributed by atoms with van der Waals surface area (Å²) in [5.41, 5.74) is 0.686. The Labute approximate surface area is 112 Å². The monoisotopic (exact) mass is 251 g/mol. The second-order valence-electron chi connectivity index (χ2n) is 7.72. The van der Waals surface area contributed by atoms with E-state index in [0.29, 0.717) is 11.5 Å². The minimum Gasteiger partial charge on any atom is -0.372 e. The van der Waals surface area contributed by atoms with Gasteiger partial charge >= 0.3 is 0 Å². The molecule has 1 saturated heterocycles. The van der Waals surface area contributed by atoms with Gasteiger partial charge in [0.15, 0.2) is 0 Å². The van der Waals surface area contributed by atoms with E-state index in [1.54, 1.807) is 0 Å². The van der Waals surface area contributed by atoms with Crippen LogP contribution in [0.15, 0.2) is 0 Å². The van der Waals surface area contributed by atoms with Gasteiger partial charge in [-0.15, -0.1) is 0 Å². The Kier molecular flexibility index (Phi) is 3.22. The molecule has 2 nitrogen and oxygen atoms in total. The summed E-state index contributed by atoms with van der Waals surface area (Å²) in [6, 6.07) is 0. The molecule has 4 atom stereocenters. The summed E-state index contributed by atoms with van der Waals surface area (Å²) in [6.07, 6.45) is 10.3. The number of nitrogens with one attached hydrogen (secondary N) is 1. The van der Waals surface area contributed by atoms with Crippen LogP contribution in [-0.2, 0) is 4.74 Å². The molecule has 4 unspecified atom stereocenters. The molecule has 0 radical (unpaired) electrons. The molecule has 0 aromatic heterocycles. The third-order valence-corrected chi connectivity index (χ3v) is 5.82. The summed E-state index contributed by atoms with van der Waals surface area (Å²) in [7, 11) is 2.12. The maximum absolute atomic E-state index is 6.26. The maximum Gasteiger partial charge on any atom is 0.0631 e. The van der Waals surface area contributed by atoms with E-state index in [9.17, 15) is 0 Å². The van der Waals surface area contributed by atoms with Gasteiger partial charge in [-0.25, -0.2) is 0 Å². The Morgan fingerprint density at radius 3 is 2.56 bits per heavy atom. The van der Waals surface area contributed by atoms with Gasteiger partial charge in [0.2, 0.25) is 0 Å². The van der Waals surface area contributed by atoms with E-state index >= 15 is 0 Å². The number of rotatable bonds is 4. The van der Waals surface area contributed by atoms with Crippen molar-refractivity contribution in [1.82, 2.24) is 5.32 Å². The van der Waals surface area contributed by atoms with Crippen molar-refractivity contribution in [3.8, 4) is 0 Å². The largest absolute Gasteiger partial charge is 0.372 e. The predicted molar refractivity (Wildman–Crippen MR) is 74.6 cm³/mol. The second-order valence-corrected chi connectivity index (χ2v) is 7.72. The summed E-state index contributed by atoms with van der Waals surface area (Å²) < 4.78 is 6.26. The molecular weight excluding hydrogens is 222 g/mol. The molecule has 1 heterocycles. The predicted octanol–water partition coefficient (Wildman–Crippen LogP) is 3.36. The molecule has 0 aromatic carbocycles. The highest BCUT2D eigenvalue weighted by Gasteiger charge is 2.52. The van der Waals surface area contributed by atoms with E-state index in [-0.39, 0.29) is 5.60 Å². The zero-order valence-electron chi connectivity index (χ0n) is 12.3. The summed E-state index contributed by atoms with van der Waals surface area (Å²) >= 11 is 0. The molecule has 3 fully saturated rings. The minimum atomic E-state index is 0.128. The minimum absolute atomic E-state index is 0.128. The molecule has 0 spiro atoms. The van der Waals surface area contributed by atoms with Crippen molar-refractivity contribution in [2.75, 3.05) is 13.6 Å². The van der Waals surface area contributed by atoms with Gasteiger partial charge in [-0.1, -0.05) is 6.42 Å². The number of hydrogen-bond donors (Lipinski definition) is 1. The molecule has 1 aliphatic heterocycles. The van der Waals surface area contributed by atoms with Gasteiger partial charge in [0.25, 0.3) is 0 Å².